The van der Waals surface area contributed by atoms with Gasteiger partial charge in [0.25, 0.3) is 0 Å². The average Bonchev–Trinajstić information content (AvgIpc) is 0.947. The van der Waals surface area contributed by atoms with Crippen molar-refractivity contribution >= 4 is 70.9 Å². The first kappa shape index (κ1) is 84.3. The van der Waals surface area contributed by atoms with Crippen molar-refractivity contribution in [1.29, 1.82) is 0 Å². The zero-order valence-corrected chi connectivity index (χ0v) is 61.4. The Morgan fingerprint density at radius 2 is 0.935 bits per heavy atom. The molecule has 93 heavy (non-hydrogen) atoms. The van der Waals surface area contributed by atoms with Crippen molar-refractivity contribution in [1.82, 2.24) is 65.4 Å². The van der Waals surface area contributed by atoms with Gasteiger partial charge >= 0.3 is 0 Å². The van der Waals surface area contributed by atoms with Crippen molar-refractivity contribution in [3.63, 3.8) is 0 Å². The lowest BCUT2D eigenvalue weighted by Crippen LogP contribution is -2.64. The molecule has 0 aromatic rings. The monoisotopic (exact) mass is 1320 g/mol. The van der Waals surface area contributed by atoms with E-state index < -0.39 is 161 Å². The van der Waals surface area contributed by atoms with E-state index in [1.54, 1.807) is 93.6 Å². The Hall–Kier alpha value is -6.70. The number of nitrogens with zero attached hydrogens (tertiary/aromatic N) is 9. The van der Waals surface area contributed by atoms with Crippen molar-refractivity contribution in [2.24, 2.45) is 41.4 Å². The summed E-state index contributed by atoms with van der Waals surface area (Å²) < 4.78 is 0. The van der Waals surface area contributed by atoms with Gasteiger partial charge in [-0.2, -0.15) is 0 Å². The third-order valence-corrected chi connectivity index (χ3v) is 17.8. The first-order chi connectivity index (χ1) is 42.9. The average molecular weight is 1320 g/mol. The minimum Gasteiger partial charge on any atom is -0.390 e. The van der Waals surface area contributed by atoms with Crippen LogP contribution < -0.4 is 21.3 Å². The maximum atomic E-state index is 15.3. The molecule has 5 N–H and O–H groups in total. The highest BCUT2D eigenvalue weighted by Crippen LogP contribution is 2.26. The smallest absolute Gasteiger partial charge is 0.246 e. The van der Waals surface area contributed by atoms with Crippen LogP contribution in [-0.4, -0.2) is 276 Å². The summed E-state index contributed by atoms with van der Waals surface area (Å²) in [4.78, 5) is 187. The lowest BCUT2D eigenvalue weighted by Gasteiger charge is -2.41. The van der Waals surface area contributed by atoms with Gasteiger partial charge in [-0.1, -0.05) is 102 Å². The molecule has 0 aliphatic carbocycles. The molecule has 1 aliphatic rings. The lowest BCUT2D eigenvalue weighted by molar-refractivity contribution is -0.157. The number of likely N-dealkylation sites (N-methyl/N-ethyl adjacent to an activating group) is 9. The number of carbonyl (C=O) groups excluding carboxylic acids is 12. The van der Waals surface area contributed by atoms with Gasteiger partial charge < -0.3 is 65.6 Å². The summed E-state index contributed by atoms with van der Waals surface area (Å²) in [6.45, 7) is 29.2. The zero-order chi connectivity index (χ0) is 72.3. The molecular formula is C67H121N13O13. The number of rotatable bonds is 18. The van der Waals surface area contributed by atoms with Crippen molar-refractivity contribution in [2.45, 2.75) is 222 Å². The van der Waals surface area contributed by atoms with Gasteiger partial charge in [-0.3, -0.25) is 62.4 Å². The van der Waals surface area contributed by atoms with Crippen molar-refractivity contribution < 1.29 is 62.6 Å². The van der Waals surface area contributed by atoms with Crippen LogP contribution in [0.3, 0.4) is 0 Å². The van der Waals surface area contributed by atoms with E-state index in [-0.39, 0.29) is 68.9 Å². The summed E-state index contributed by atoms with van der Waals surface area (Å²) in [5, 5.41) is 23.2. The molecule has 1 fully saturated rings. The molecule has 2 unspecified atom stereocenters. The van der Waals surface area contributed by atoms with E-state index in [4.69, 9.17) is 0 Å². The summed E-state index contributed by atoms with van der Waals surface area (Å²) in [5.41, 5.74) is 0. The normalized spacial score (nSPS) is 26.7. The first-order valence-electron chi connectivity index (χ1n) is 33.1. The second-order valence-electron chi connectivity index (χ2n) is 28.2. The molecule has 1 aliphatic heterocycles. The van der Waals surface area contributed by atoms with Crippen molar-refractivity contribution in [3.05, 3.63) is 12.2 Å². The number of hydrogen-bond donors (Lipinski definition) is 5. The summed E-state index contributed by atoms with van der Waals surface area (Å²) in [6, 6.07) is -14.3. The zero-order valence-electron chi connectivity index (χ0n) is 61.4. The Kier molecular flexibility index (Phi) is 34.5. The minimum absolute atomic E-state index is 0.0243. The second kappa shape index (κ2) is 38.0. The topological polar surface area (TPSA) is 302 Å². The molecule has 1 rings (SSSR count). The maximum Gasteiger partial charge on any atom is 0.246 e. The van der Waals surface area contributed by atoms with Gasteiger partial charge in [0.2, 0.25) is 70.9 Å². The Bertz CT molecular complexity index is 2600. The summed E-state index contributed by atoms with van der Waals surface area (Å²) in [7, 11) is 14.7. The quantitative estimate of drug-likeness (QED) is 0.123. The molecule has 0 saturated carbocycles. The van der Waals surface area contributed by atoms with E-state index in [1.165, 1.54) is 99.5 Å². The first-order valence-corrected chi connectivity index (χ1v) is 33.1. The van der Waals surface area contributed by atoms with E-state index in [2.05, 4.69) is 21.3 Å². The molecule has 0 radical (unpaired) electrons. The molecular weight excluding hydrogens is 1190 g/mol. The molecule has 26 heteroatoms. The fourth-order valence-corrected chi connectivity index (χ4v) is 11.8. The third kappa shape index (κ3) is 23.3. The van der Waals surface area contributed by atoms with Gasteiger partial charge in [0.05, 0.1) is 12.6 Å². The van der Waals surface area contributed by atoms with Crippen LogP contribution in [0.5, 0.6) is 0 Å². The highest BCUT2D eigenvalue weighted by molar-refractivity contribution is 6.00. The van der Waals surface area contributed by atoms with Gasteiger partial charge in [-0.25, -0.2) is 0 Å². The molecule has 532 valence electrons. The van der Waals surface area contributed by atoms with Gasteiger partial charge in [-0.05, 0) is 108 Å². The van der Waals surface area contributed by atoms with Crippen LogP contribution in [0.1, 0.15) is 150 Å². The fraction of sp³-hybridized carbons (Fsp3) is 0.791. The van der Waals surface area contributed by atoms with Crippen LogP contribution in [0.25, 0.3) is 0 Å². The molecule has 12 amide bonds. The third-order valence-electron chi connectivity index (χ3n) is 17.8. The predicted octanol–water partition coefficient (Wildman–Crippen LogP) is 2.27. The van der Waals surface area contributed by atoms with Crippen LogP contribution in [0.4, 0.5) is 0 Å². The number of allylic oxidation sites excluding steroid dienone is 2. The molecule has 0 spiro atoms. The number of amides is 12. The lowest BCUT2D eigenvalue weighted by atomic mass is 9.91. The largest absolute Gasteiger partial charge is 0.390 e. The van der Waals surface area contributed by atoms with E-state index in [9.17, 15) is 38.7 Å². The van der Waals surface area contributed by atoms with Crippen molar-refractivity contribution in [3.8, 4) is 0 Å². The Balaban J connectivity index is 4.49. The van der Waals surface area contributed by atoms with Gasteiger partial charge in [-0.15, -0.1) is 0 Å². The van der Waals surface area contributed by atoms with Crippen LogP contribution in [0.2, 0.25) is 0 Å². The minimum atomic E-state index is -1.65. The van der Waals surface area contributed by atoms with E-state index in [0.717, 1.165) is 9.80 Å². The standard InChI is InChI=1S/C67H121N13O13/c1-28-30-31-42(13)56(82)55-60(86)70-47(29-2)63(89)74(21)46(17)62(88)79(26)54(43(14)35-73(20)36-51(81)72(18)19)59(85)71-52(40(9)10)66(92)75(22)48(32-37(3)4)58(84)68-44(15)57(83)69-45(16)61(87)76(23)49(33-38(5)6)64(90)77(24)50(34-39(7)8)65(91)78(25)53(41(11)12)67(93)80(55)27/h28,30,37-50,52-56,82H,29,31-36H2,1-27H3,(H,68,84)(H,69,83)(H,70,86)(H,71,85)/b30-28+/t42-,43-,44+,45-,46-,47+,48+,49+,50+,52?,53?,54+,55+,56-/m1/s1. The predicted molar refractivity (Wildman–Crippen MR) is 359 cm³/mol. The number of aliphatic hydroxyl groups excluding tert-OH is 1. The van der Waals surface area contributed by atoms with Crippen LogP contribution >= 0.6 is 0 Å². The van der Waals surface area contributed by atoms with Crippen LogP contribution in [0, 0.1) is 41.4 Å². The number of carbonyl (C=O) groups is 12. The fourth-order valence-electron chi connectivity index (χ4n) is 11.8. The summed E-state index contributed by atoms with van der Waals surface area (Å²) >= 11 is 0. The van der Waals surface area contributed by atoms with Gasteiger partial charge in [0.1, 0.15) is 66.5 Å². The molecule has 1 heterocycles. The van der Waals surface area contributed by atoms with E-state index in [1.807, 2.05) is 41.5 Å². The highest BCUT2D eigenvalue weighted by Gasteiger charge is 2.46. The van der Waals surface area contributed by atoms with E-state index >= 15 is 24.0 Å². The van der Waals surface area contributed by atoms with E-state index in [0.29, 0.717) is 0 Å². The summed E-state index contributed by atoms with van der Waals surface area (Å²) in [6.07, 6.45) is 2.69. The Morgan fingerprint density at radius 3 is 1.40 bits per heavy atom. The molecule has 0 aromatic heterocycles. The van der Waals surface area contributed by atoms with Gasteiger partial charge in [0, 0.05) is 70.0 Å². The molecule has 26 nitrogen and oxygen atoms in total. The van der Waals surface area contributed by atoms with Gasteiger partial charge in [0.15, 0.2) is 0 Å². The Labute approximate surface area is 556 Å². The molecule has 0 aromatic carbocycles. The second-order valence-corrected chi connectivity index (χ2v) is 28.2. The van der Waals surface area contributed by atoms with Crippen molar-refractivity contribution in [2.75, 3.05) is 83.6 Å². The van der Waals surface area contributed by atoms with Crippen LogP contribution in [-0.2, 0) is 57.5 Å². The Morgan fingerprint density at radius 1 is 0.495 bits per heavy atom. The molecule has 1 saturated heterocycles. The molecule has 0 bridgehead atoms. The highest BCUT2D eigenvalue weighted by atomic mass is 16.3. The maximum absolute atomic E-state index is 15.3. The number of hydrogen-bond acceptors (Lipinski definition) is 14. The summed E-state index contributed by atoms with van der Waals surface area (Å²) in [5.74, 6) is -11.2. The van der Waals surface area contributed by atoms with Crippen LogP contribution in [0.15, 0.2) is 12.2 Å². The number of aliphatic hydroxyl groups is 1. The SMILES string of the molecule is C/C=C/C[C@@H](C)[C@@H](O)[C@H]1C(=O)N[C@@H](CC)C(=O)N(C)[C@H](C)C(=O)N(C)[C@@H]([C@H](C)CN(C)CC(=O)N(C)C)C(=O)NC(C(C)C)C(=O)N(C)[C@@H](CC(C)C)C(=O)N[C@@H](C)C(=O)N[C@H](C)C(=O)N(C)[C@@H](CC(C)C)C(=O)N(C)[C@@H](CC(C)C)C(=O)N(C)C(C(C)C)C(=O)N1C. The number of nitrogens with one attached hydrogen (secondary N) is 4. The molecule has 14 atom stereocenters.